The molecule has 0 amide bonds. The molecular weight excluding hydrogens is 287 g/mol. The highest BCUT2D eigenvalue weighted by Crippen LogP contribution is 2.24. The van der Waals surface area contributed by atoms with Crippen LogP contribution in [0.25, 0.3) is 0 Å². The van der Waals surface area contributed by atoms with E-state index in [9.17, 15) is 0 Å². The molecule has 0 radical (unpaired) electrons. The summed E-state index contributed by atoms with van der Waals surface area (Å²) in [5.74, 6) is 0. The fourth-order valence-corrected chi connectivity index (χ4v) is 2.87. The van der Waals surface area contributed by atoms with E-state index in [1.807, 2.05) is 18.2 Å². The maximum Gasteiger partial charge on any atom is 0.0992 e. The Bertz CT molecular complexity index is 587. The molecule has 0 atom stereocenters. The summed E-state index contributed by atoms with van der Waals surface area (Å²) in [6.45, 7) is 0.780. The monoisotopic (exact) mass is 296 g/mol. The lowest BCUT2D eigenvalue weighted by Crippen LogP contribution is -2.04. The van der Waals surface area contributed by atoms with Crippen LogP contribution in [0.3, 0.4) is 0 Å². The van der Waals surface area contributed by atoms with E-state index in [4.69, 9.17) is 28.5 Å². The van der Waals surface area contributed by atoms with Crippen LogP contribution in [-0.2, 0) is 6.42 Å². The summed E-state index contributed by atoms with van der Waals surface area (Å²) in [6.07, 6.45) is 0.897. The fraction of sp³-hybridized carbons (Fsp3) is 0.154. The average molecular weight is 297 g/mol. The van der Waals surface area contributed by atoms with Gasteiger partial charge in [0.1, 0.15) is 0 Å². The van der Waals surface area contributed by atoms with Crippen LogP contribution in [0, 0.1) is 11.3 Å². The summed E-state index contributed by atoms with van der Waals surface area (Å²) >= 11 is 13.5. The Morgan fingerprint density at radius 3 is 2.67 bits per heavy atom. The quantitative estimate of drug-likeness (QED) is 0.896. The Labute approximate surface area is 120 Å². The Hall–Kier alpha value is -1.21. The average Bonchev–Trinajstić information content (AvgIpc) is 2.77. The van der Waals surface area contributed by atoms with Crippen molar-refractivity contribution in [1.82, 2.24) is 0 Å². The number of halogens is 2. The molecule has 2 nitrogen and oxygen atoms in total. The van der Waals surface area contributed by atoms with Gasteiger partial charge in [-0.2, -0.15) is 5.26 Å². The molecule has 2 rings (SSSR count). The van der Waals surface area contributed by atoms with Crippen LogP contribution < -0.4 is 5.32 Å². The van der Waals surface area contributed by atoms with E-state index >= 15 is 0 Å². The molecule has 0 aliphatic rings. The minimum absolute atomic E-state index is 0.565. The van der Waals surface area contributed by atoms with Crippen molar-refractivity contribution < 1.29 is 0 Å². The van der Waals surface area contributed by atoms with Gasteiger partial charge in [0.2, 0.25) is 0 Å². The minimum Gasteiger partial charge on any atom is -0.383 e. The number of nitrogens with one attached hydrogen (secondary N) is 1. The van der Waals surface area contributed by atoms with Crippen LogP contribution in [0.1, 0.15) is 10.4 Å². The lowest BCUT2D eigenvalue weighted by atomic mass is 10.2. The smallest absolute Gasteiger partial charge is 0.0992 e. The van der Waals surface area contributed by atoms with Crippen LogP contribution >= 0.6 is 34.5 Å². The van der Waals surface area contributed by atoms with Crippen molar-refractivity contribution in [3.05, 3.63) is 50.1 Å². The Kier molecular flexibility index (Phi) is 4.48. The Morgan fingerprint density at radius 1 is 1.22 bits per heavy atom. The van der Waals surface area contributed by atoms with Crippen LogP contribution in [-0.4, -0.2) is 6.54 Å². The summed E-state index contributed by atoms with van der Waals surface area (Å²) in [4.78, 5) is 1.23. The van der Waals surface area contributed by atoms with Crippen LogP contribution in [0.2, 0.25) is 9.36 Å². The SMILES string of the molecule is N#Cc1ccc(NCCc2ccc(Cl)s2)c(Cl)c1. The number of hydrogen-bond donors (Lipinski definition) is 1. The molecule has 0 saturated carbocycles. The van der Waals surface area contributed by atoms with Gasteiger partial charge in [-0.15, -0.1) is 11.3 Å². The van der Waals surface area contributed by atoms with Gasteiger partial charge in [0.05, 0.1) is 26.7 Å². The molecule has 18 heavy (non-hydrogen) atoms. The van der Waals surface area contributed by atoms with Crippen molar-refractivity contribution >= 4 is 40.2 Å². The molecule has 0 aliphatic carbocycles. The van der Waals surface area contributed by atoms with E-state index in [1.54, 1.807) is 23.5 Å². The van der Waals surface area contributed by atoms with E-state index in [-0.39, 0.29) is 0 Å². The van der Waals surface area contributed by atoms with Crippen LogP contribution in [0.5, 0.6) is 0 Å². The number of nitriles is 1. The van der Waals surface area contributed by atoms with Gasteiger partial charge in [-0.1, -0.05) is 23.2 Å². The topological polar surface area (TPSA) is 35.8 Å². The van der Waals surface area contributed by atoms with E-state index in [0.29, 0.717) is 10.6 Å². The molecule has 1 aromatic carbocycles. The molecule has 0 spiro atoms. The van der Waals surface area contributed by atoms with Crippen molar-refractivity contribution in [3.63, 3.8) is 0 Å². The first kappa shape index (κ1) is 13.2. The Morgan fingerprint density at radius 2 is 2.06 bits per heavy atom. The van der Waals surface area contributed by atoms with Gasteiger partial charge < -0.3 is 5.32 Å². The lowest BCUT2D eigenvalue weighted by Gasteiger charge is -2.07. The molecule has 5 heteroatoms. The van der Waals surface area contributed by atoms with Crippen molar-refractivity contribution in [3.8, 4) is 6.07 Å². The van der Waals surface area contributed by atoms with Crippen molar-refractivity contribution in [2.24, 2.45) is 0 Å². The molecule has 0 fully saturated rings. The number of hydrogen-bond acceptors (Lipinski definition) is 3. The van der Waals surface area contributed by atoms with Gasteiger partial charge in [0.25, 0.3) is 0 Å². The van der Waals surface area contributed by atoms with Gasteiger partial charge in [-0.25, -0.2) is 0 Å². The zero-order valence-electron chi connectivity index (χ0n) is 9.41. The first-order valence-corrected chi connectivity index (χ1v) is 6.94. The van der Waals surface area contributed by atoms with Gasteiger partial charge in [-0.05, 0) is 36.8 Å². The fourth-order valence-electron chi connectivity index (χ4n) is 1.53. The first-order chi connectivity index (χ1) is 8.69. The summed E-state index contributed by atoms with van der Waals surface area (Å²) in [5.41, 5.74) is 1.41. The third-order valence-electron chi connectivity index (χ3n) is 2.41. The maximum absolute atomic E-state index is 8.74. The van der Waals surface area contributed by atoms with Gasteiger partial charge >= 0.3 is 0 Å². The second-order valence-electron chi connectivity index (χ2n) is 3.69. The first-order valence-electron chi connectivity index (χ1n) is 5.37. The number of nitrogens with zero attached hydrogens (tertiary/aromatic N) is 1. The molecule has 0 unspecified atom stereocenters. The molecule has 1 N–H and O–H groups in total. The number of benzene rings is 1. The van der Waals surface area contributed by atoms with Crippen LogP contribution in [0.15, 0.2) is 30.3 Å². The standard InChI is InChI=1S/C13H10Cl2N2S/c14-11-7-9(8-16)1-3-12(11)17-6-5-10-2-4-13(15)18-10/h1-4,7,17H,5-6H2. The summed E-state index contributed by atoms with van der Waals surface area (Å²) < 4.78 is 0.807. The second kappa shape index (κ2) is 6.10. The molecular formula is C13H10Cl2N2S. The molecule has 1 aromatic heterocycles. The van der Waals surface area contributed by atoms with Crippen LogP contribution in [0.4, 0.5) is 5.69 Å². The van der Waals surface area contributed by atoms with E-state index in [0.717, 1.165) is 23.0 Å². The number of rotatable bonds is 4. The third-order valence-corrected chi connectivity index (χ3v) is 4.02. The van der Waals surface area contributed by atoms with Gasteiger partial charge in [-0.3, -0.25) is 0 Å². The van der Waals surface area contributed by atoms with E-state index < -0.39 is 0 Å². The highest BCUT2D eigenvalue weighted by molar-refractivity contribution is 7.16. The minimum atomic E-state index is 0.565. The third kappa shape index (κ3) is 3.39. The molecule has 92 valence electrons. The van der Waals surface area contributed by atoms with E-state index in [1.165, 1.54) is 4.88 Å². The normalized spacial score (nSPS) is 10.1. The predicted molar refractivity (Wildman–Crippen MR) is 77.7 cm³/mol. The summed E-state index contributed by atoms with van der Waals surface area (Å²) in [6, 6.07) is 11.2. The zero-order valence-corrected chi connectivity index (χ0v) is 11.7. The Balaban J connectivity index is 1.92. The number of anilines is 1. The molecule has 2 aromatic rings. The van der Waals surface area contributed by atoms with Crippen molar-refractivity contribution in [1.29, 1.82) is 5.26 Å². The van der Waals surface area contributed by atoms with Crippen molar-refractivity contribution in [2.45, 2.75) is 6.42 Å². The lowest BCUT2D eigenvalue weighted by molar-refractivity contribution is 1.04. The molecule has 1 heterocycles. The van der Waals surface area contributed by atoms with Gasteiger partial charge in [0, 0.05) is 11.4 Å². The highest BCUT2D eigenvalue weighted by Gasteiger charge is 2.02. The van der Waals surface area contributed by atoms with E-state index in [2.05, 4.69) is 11.4 Å². The molecule has 0 saturated heterocycles. The zero-order chi connectivity index (χ0) is 13.0. The second-order valence-corrected chi connectivity index (χ2v) is 5.90. The largest absolute Gasteiger partial charge is 0.383 e. The predicted octanol–water partition coefficient (Wildman–Crippen LogP) is 4.58. The summed E-state index contributed by atoms with van der Waals surface area (Å²) in [7, 11) is 0. The maximum atomic E-state index is 8.74. The number of thiophene rings is 1. The highest BCUT2D eigenvalue weighted by atomic mass is 35.5. The van der Waals surface area contributed by atoms with Gasteiger partial charge in [0.15, 0.2) is 0 Å². The van der Waals surface area contributed by atoms with Crippen molar-refractivity contribution in [2.75, 3.05) is 11.9 Å². The molecule has 0 aliphatic heterocycles. The summed E-state index contributed by atoms with van der Waals surface area (Å²) in [5, 5.41) is 12.6. The molecule has 0 bridgehead atoms.